The van der Waals surface area contributed by atoms with Crippen LogP contribution in [0.15, 0.2) is 18.2 Å². The van der Waals surface area contributed by atoms with Crippen molar-refractivity contribution in [3.8, 4) is 0 Å². The molecule has 18 heavy (non-hydrogen) atoms. The maximum absolute atomic E-state index is 11.8. The molecule has 0 fully saturated rings. The summed E-state index contributed by atoms with van der Waals surface area (Å²) in [6, 6.07) is 6.20. The molecule has 0 spiro atoms. The molecular weight excluding hydrogens is 248 g/mol. The Morgan fingerprint density at radius 1 is 1.33 bits per heavy atom. The lowest BCUT2D eigenvalue weighted by molar-refractivity contribution is -0.125. The molecule has 1 unspecified atom stereocenters. The van der Waals surface area contributed by atoms with E-state index < -0.39 is 5.54 Å². The van der Waals surface area contributed by atoms with Gasteiger partial charge in [-0.2, -0.15) is 0 Å². The molecule has 1 atom stereocenters. The predicted octanol–water partition coefficient (Wildman–Crippen LogP) is 2.64. The first kappa shape index (κ1) is 16.9. The first-order valence-electron chi connectivity index (χ1n) is 5.89. The van der Waals surface area contributed by atoms with Gasteiger partial charge in [0, 0.05) is 0 Å². The molecule has 1 amide bonds. The monoisotopic (exact) mass is 270 g/mol. The van der Waals surface area contributed by atoms with E-state index in [1.54, 1.807) is 13.8 Å². The minimum Gasteiger partial charge on any atom is -0.348 e. The van der Waals surface area contributed by atoms with Gasteiger partial charge in [-0.3, -0.25) is 4.79 Å². The van der Waals surface area contributed by atoms with E-state index in [9.17, 15) is 4.79 Å². The van der Waals surface area contributed by atoms with Crippen molar-refractivity contribution in [2.24, 2.45) is 5.73 Å². The fraction of sp³-hybridized carbons (Fsp3) is 0.500. The second-order valence-corrected chi connectivity index (χ2v) is 5.28. The minimum atomic E-state index is -0.840. The molecular formula is C14H23ClN2O. The highest BCUT2D eigenvalue weighted by Crippen LogP contribution is 2.19. The zero-order valence-corrected chi connectivity index (χ0v) is 12.5. The molecule has 102 valence electrons. The van der Waals surface area contributed by atoms with Crippen LogP contribution in [0.2, 0.25) is 0 Å². The van der Waals surface area contributed by atoms with Crippen molar-refractivity contribution in [1.82, 2.24) is 5.32 Å². The molecule has 0 heterocycles. The normalized spacial score (nSPS) is 12.6. The standard InChI is InChI=1S/C14H22N2O.ClH/c1-9-6-7-12(10(2)8-9)11(3)16-13(17)14(4,5)15;/h6-8,11H,15H2,1-5H3,(H,16,17);1H. The van der Waals surface area contributed by atoms with Gasteiger partial charge < -0.3 is 11.1 Å². The van der Waals surface area contributed by atoms with Gasteiger partial charge in [0.1, 0.15) is 0 Å². The largest absolute Gasteiger partial charge is 0.348 e. The molecule has 1 aromatic carbocycles. The van der Waals surface area contributed by atoms with Crippen LogP contribution >= 0.6 is 12.4 Å². The molecule has 0 bridgehead atoms. The summed E-state index contributed by atoms with van der Waals surface area (Å²) in [5.74, 6) is -0.134. The minimum absolute atomic E-state index is 0. The van der Waals surface area contributed by atoms with Gasteiger partial charge in [0.2, 0.25) is 5.91 Å². The van der Waals surface area contributed by atoms with E-state index in [1.165, 1.54) is 11.1 Å². The number of amides is 1. The van der Waals surface area contributed by atoms with Gasteiger partial charge in [0.05, 0.1) is 11.6 Å². The number of nitrogens with one attached hydrogen (secondary N) is 1. The van der Waals surface area contributed by atoms with E-state index in [-0.39, 0.29) is 24.4 Å². The van der Waals surface area contributed by atoms with Crippen LogP contribution in [0, 0.1) is 13.8 Å². The quantitative estimate of drug-likeness (QED) is 0.887. The number of hydrogen-bond donors (Lipinski definition) is 2. The first-order valence-corrected chi connectivity index (χ1v) is 5.89. The summed E-state index contributed by atoms with van der Waals surface area (Å²) in [6.07, 6.45) is 0. The lowest BCUT2D eigenvalue weighted by Crippen LogP contribution is -2.49. The lowest BCUT2D eigenvalue weighted by Gasteiger charge is -2.23. The number of aryl methyl sites for hydroxylation is 2. The average molecular weight is 271 g/mol. The highest BCUT2D eigenvalue weighted by Gasteiger charge is 2.23. The van der Waals surface area contributed by atoms with Gasteiger partial charge in [0.15, 0.2) is 0 Å². The Morgan fingerprint density at radius 2 is 1.89 bits per heavy atom. The molecule has 0 aliphatic heterocycles. The van der Waals surface area contributed by atoms with Crippen LogP contribution in [-0.4, -0.2) is 11.4 Å². The van der Waals surface area contributed by atoms with Crippen LogP contribution in [-0.2, 0) is 4.79 Å². The molecule has 3 N–H and O–H groups in total. The number of rotatable bonds is 3. The van der Waals surface area contributed by atoms with Gasteiger partial charge in [-0.15, -0.1) is 12.4 Å². The van der Waals surface area contributed by atoms with Crippen LogP contribution in [0.4, 0.5) is 0 Å². The summed E-state index contributed by atoms with van der Waals surface area (Å²) in [7, 11) is 0. The highest BCUT2D eigenvalue weighted by atomic mass is 35.5. The molecule has 0 aliphatic rings. The Labute approximate surface area is 116 Å². The fourth-order valence-electron chi connectivity index (χ4n) is 1.77. The van der Waals surface area contributed by atoms with Crippen LogP contribution in [0.3, 0.4) is 0 Å². The van der Waals surface area contributed by atoms with Gasteiger partial charge >= 0.3 is 0 Å². The number of carbonyl (C=O) groups is 1. The number of nitrogens with two attached hydrogens (primary N) is 1. The smallest absolute Gasteiger partial charge is 0.239 e. The Bertz CT molecular complexity index is 424. The van der Waals surface area contributed by atoms with E-state index in [0.717, 1.165) is 5.56 Å². The van der Waals surface area contributed by atoms with Crippen LogP contribution in [0.5, 0.6) is 0 Å². The van der Waals surface area contributed by atoms with Crippen LogP contribution in [0.25, 0.3) is 0 Å². The number of benzene rings is 1. The highest BCUT2D eigenvalue weighted by molar-refractivity contribution is 5.85. The molecule has 4 heteroatoms. The third-order valence-electron chi connectivity index (χ3n) is 2.82. The Balaban J connectivity index is 0.00000289. The Kier molecular flexibility index (Phi) is 5.84. The van der Waals surface area contributed by atoms with Crippen molar-refractivity contribution in [3.63, 3.8) is 0 Å². The zero-order chi connectivity index (χ0) is 13.2. The Morgan fingerprint density at radius 3 is 2.33 bits per heavy atom. The molecule has 0 aromatic heterocycles. The molecule has 1 aromatic rings. The topological polar surface area (TPSA) is 55.1 Å². The van der Waals surface area contributed by atoms with Crippen molar-refractivity contribution in [3.05, 3.63) is 34.9 Å². The molecule has 0 saturated carbocycles. The molecule has 0 saturated heterocycles. The second kappa shape index (κ2) is 6.21. The van der Waals surface area contributed by atoms with E-state index in [0.29, 0.717) is 0 Å². The maximum Gasteiger partial charge on any atom is 0.239 e. The van der Waals surface area contributed by atoms with Crippen molar-refractivity contribution in [2.75, 3.05) is 0 Å². The second-order valence-electron chi connectivity index (χ2n) is 5.28. The summed E-state index contributed by atoms with van der Waals surface area (Å²) in [6.45, 7) is 9.50. The number of halogens is 1. The first-order chi connectivity index (χ1) is 7.71. The van der Waals surface area contributed by atoms with Gasteiger partial charge in [-0.05, 0) is 45.7 Å². The third kappa shape index (κ3) is 4.31. The van der Waals surface area contributed by atoms with Crippen molar-refractivity contribution >= 4 is 18.3 Å². The SMILES string of the molecule is Cc1ccc(C(C)NC(=O)C(C)(C)N)c(C)c1.Cl. The van der Waals surface area contributed by atoms with E-state index in [2.05, 4.69) is 37.4 Å². The van der Waals surface area contributed by atoms with Gasteiger partial charge in [-0.25, -0.2) is 0 Å². The number of carbonyl (C=O) groups excluding carboxylic acids is 1. The van der Waals surface area contributed by atoms with Crippen LogP contribution < -0.4 is 11.1 Å². The van der Waals surface area contributed by atoms with E-state index >= 15 is 0 Å². The fourth-order valence-corrected chi connectivity index (χ4v) is 1.77. The maximum atomic E-state index is 11.8. The van der Waals surface area contributed by atoms with Gasteiger partial charge in [0.25, 0.3) is 0 Å². The molecule has 0 aliphatic carbocycles. The van der Waals surface area contributed by atoms with Crippen LogP contribution in [0.1, 0.15) is 43.5 Å². The summed E-state index contributed by atoms with van der Waals surface area (Å²) in [4.78, 5) is 11.8. The third-order valence-corrected chi connectivity index (χ3v) is 2.82. The summed E-state index contributed by atoms with van der Waals surface area (Å²) in [5.41, 5.74) is 8.46. The predicted molar refractivity (Wildman–Crippen MR) is 78.0 cm³/mol. The number of hydrogen-bond acceptors (Lipinski definition) is 2. The summed E-state index contributed by atoms with van der Waals surface area (Å²) < 4.78 is 0. The average Bonchev–Trinajstić information content (AvgIpc) is 2.15. The van der Waals surface area contributed by atoms with E-state index in [1.807, 2.05) is 6.92 Å². The zero-order valence-electron chi connectivity index (χ0n) is 11.7. The van der Waals surface area contributed by atoms with E-state index in [4.69, 9.17) is 5.73 Å². The summed E-state index contributed by atoms with van der Waals surface area (Å²) in [5, 5.41) is 2.93. The lowest BCUT2D eigenvalue weighted by atomic mass is 9.99. The molecule has 0 radical (unpaired) electrons. The Hall–Kier alpha value is -1.06. The van der Waals surface area contributed by atoms with Gasteiger partial charge in [-0.1, -0.05) is 23.8 Å². The van der Waals surface area contributed by atoms with Crippen molar-refractivity contribution in [1.29, 1.82) is 0 Å². The van der Waals surface area contributed by atoms with Crippen molar-refractivity contribution in [2.45, 2.75) is 46.2 Å². The molecule has 3 nitrogen and oxygen atoms in total. The summed E-state index contributed by atoms with van der Waals surface area (Å²) >= 11 is 0. The molecule has 1 rings (SSSR count). The van der Waals surface area contributed by atoms with Crippen molar-refractivity contribution < 1.29 is 4.79 Å².